The van der Waals surface area contributed by atoms with Crippen molar-refractivity contribution < 1.29 is 13.2 Å². The van der Waals surface area contributed by atoms with E-state index in [4.69, 9.17) is 4.74 Å². The van der Waals surface area contributed by atoms with E-state index in [1.165, 1.54) is 0 Å². The van der Waals surface area contributed by atoms with Crippen LogP contribution >= 0.6 is 11.8 Å². The fourth-order valence-electron chi connectivity index (χ4n) is 2.79. The molecule has 0 bridgehead atoms. The number of aromatic nitrogens is 1. The van der Waals surface area contributed by atoms with Crippen LogP contribution in [0.3, 0.4) is 0 Å². The SMILES string of the molecule is COc1ccnc(CCc2cccc(S(=O)(=O)N3CCSCC3)c2)c1. The molecule has 2 heterocycles. The molecule has 0 unspecified atom stereocenters. The van der Waals surface area contributed by atoms with Crippen molar-refractivity contribution in [2.24, 2.45) is 0 Å². The Morgan fingerprint density at radius 1 is 1.16 bits per heavy atom. The molecule has 7 heteroatoms. The third kappa shape index (κ3) is 4.54. The summed E-state index contributed by atoms with van der Waals surface area (Å²) in [6.07, 6.45) is 3.20. The molecule has 0 radical (unpaired) electrons. The Bertz CT molecular complexity index is 819. The first-order chi connectivity index (χ1) is 12.1. The molecule has 1 saturated heterocycles. The largest absolute Gasteiger partial charge is 0.497 e. The summed E-state index contributed by atoms with van der Waals surface area (Å²) < 4.78 is 32.4. The lowest BCUT2D eigenvalue weighted by Gasteiger charge is -2.25. The van der Waals surface area contributed by atoms with Gasteiger partial charge in [0.05, 0.1) is 12.0 Å². The van der Waals surface area contributed by atoms with Gasteiger partial charge in [-0.1, -0.05) is 12.1 Å². The van der Waals surface area contributed by atoms with Gasteiger partial charge in [0.15, 0.2) is 0 Å². The minimum atomic E-state index is -3.39. The van der Waals surface area contributed by atoms with E-state index < -0.39 is 10.0 Å². The van der Waals surface area contributed by atoms with Crippen molar-refractivity contribution in [2.45, 2.75) is 17.7 Å². The Balaban J connectivity index is 1.72. The summed E-state index contributed by atoms with van der Waals surface area (Å²) >= 11 is 1.80. The molecule has 1 aliphatic rings. The van der Waals surface area contributed by atoms with E-state index in [-0.39, 0.29) is 0 Å². The molecule has 25 heavy (non-hydrogen) atoms. The number of sulfonamides is 1. The third-order valence-electron chi connectivity index (χ3n) is 4.20. The summed E-state index contributed by atoms with van der Waals surface area (Å²) in [5.74, 6) is 2.50. The predicted molar refractivity (Wildman–Crippen MR) is 101 cm³/mol. The van der Waals surface area contributed by atoms with E-state index in [0.717, 1.165) is 41.4 Å². The monoisotopic (exact) mass is 378 g/mol. The van der Waals surface area contributed by atoms with Crippen molar-refractivity contribution in [1.29, 1.82) is 0 Å². The number of aryl methyl sites for hydroxylation is 2. The summed E-state index contributed by atoms with van der Waals surface area (Å²) in [5.41, 5.74) is 1.93. The number of pyridine rings is 1. The number of nitrogens with zero attached hydrogens (tertiary/aromatic N) is 2. The van der Waals surface area contributed by atoms with Gasteiger partial charge in [-0.3, -0.25) is 4.98 Å². The molecule has 5 nitrogen and oxygen atoms in total. The summed E-state index contributed by atoms with van der Waals surface area (Å²) in [5, 5.41) is 0. The van der Waals surface area contributed by atoms with Gasteiger partial charge >= 0.3 is 0 Å². The molecule has 134 valence electrons. The van der Waals surface area contributed by atoms with Crippen LogP contribution in [0.15, 0.2) is 47.5 Å². The van der Waals surface area contributed by atoms with Gasteiger partial charge in [-0.15, -0.1) is 0 Å². The third-order valence-corrected chi connectivity index (χ3v) is 7.04. The summed E-state index contributed by atoms with van der Waals surface area (Å²) in [4.78, 5) is 4.72. The van der Waals surface area contributed by atoms with Crippen LogP contribution in [-0.4, -0.2) is 49.4 Å². The Kier molecular flexibility index (Phi) is 5.98. The van der Waals surface area contributed by atoms with Gasteiger partial charge in [0.1, 0.15) is 5.75 Å². The second-order valence-corrected chi connectivity index (χ2v) is 9.01. The van der Waals surface area contributed by atoms with Gasteiger partial charge in [0.2, 0.25) is 10.0 Å². The topological polar surface area (TPSA) is 59.5 Å². The first-order valence-corrected chi connectivity index (χ1v) is 10.8. The quantitative estimate of drug-likeness (QED) is 0.773. The van der Waals surface area contributed by atoms with Crippen molar-refractivity contribution in [3.63, 3.8) is 0 Å². The van der Waals surface area contributed by atoms with Crippen molar-refractivity contribution in [1.82, 2.24) is 9.29 Å². The molecule has 1 aromatic carbocycles. The number of ether oxygens (including phenoxy) is 1. The summed E-state index contributed by atoms with van der Waals surface area (Å²) in [6.45, 7) is 1.18. The van der Waals surface area contributed by atoms with Crippen LogP contribution < -0.4 is 4.74 Å². The highest BCUT2D eigenvalue weighted by Crippen LogP contribution is 2.21. The Hall–Kier alpha value is -1.57. The van der Waals surface area contributed by atoms with E-state index >= 15 is 0 Å². The number of thioether (sulfide) groups is 1. The molecular weight excluding hydrogens is 356 g/mol. The van der Waals surface area contributed by atoms with Crippen LogP contribution in [0.1, 0.15) is 11.3 Å². The molecule has 0 spiro atoms. The van der Waals surface area contributed by atoms with Crippen LogP contribution in [0.5, 0.6) is 5.75 Å². The van der Waals surface area contributed by atoms with Crippen LogP contribution in [0.4, 0.5) is 0 Å². The van der Waals surface area contributed by atoms with Crippen LogP contribution in [0.25, 0.3) is 0 Å². The van der Waals surface area contributed by atoms with Crippen LogP contribution in [0, 0.1) is 0 Å². The number of methoxy groups -OCH3 is 1. The molecule has 0 amide bonds. The normalized spacial score (nSPS) is 15.9. The highest BCUT2D eigenvalue weighted by molar-refractivity contribution is 7.99. The van der Waals surface area contributed by atoms with Crippen molar-refractivity contribution in [2.75, 3.05) is 31.7 Å². The molecule has 2 aromatic rings. The maximum absolute atomic E-state index is 12.8. The zero-order valence-electron chi connectivity index (χ0n) is 14.2. The fourth-order valence-corrected chi connectivity index (χ4v) is 5.44. The number of benzene rings is 1. The van der Waals surface area contributed by atoms with E-state index in [1.54, 1.807) is 41.5 Å². The molecule has 1 fully saturated rings. The van der Waals surface area contributed by atoms with Crippen LogP contribution in [0.2, 0.25) is 0 Å². The van der Waals surface area contributed by atoms with Crippen molar-refractivity contribution in [3.05, 3.63) is 53.9 Å². The fraction of sp³-hybridized carbons (Fsp3) is 0.389. The zero-order valence-corrected chi connectivity index (χ0v) is 15.9. The highest BCUT2D eigenvalue weighted by atomic mass is 32.2. The lowest BCUT2D eigenvalue weighted by atomic mass is 10.1. The number of hydrogen-bond donors (Lipinski definition) is 0. The average molecular weight is 379 g/mol. The molecule has 0 aliphatic carbocycles. The predicted octanol–water partition coefficient (Wildman–Crippen LogP) is 2.61. The maximum atomic E-state index is 12.8. The van der Waals surface area contributed by atoms with E-state index in [2.05, 4.69) is 4.98 Å². The first kappa shape index (κ1) is 18.2. The molecule has 0 N–H and O–H groups in total. The van der Waals surface area contributed by atoms with Gasteiger partial charge in [0, 0.05) is 42.6 Å². The van der Waals surface area contributed by atoms with Gasteiger partial charge in [0.25, 0.3) is 0 Å². The Morgan fingerprint density at radius 3 is 2.72 bits per heavy atom. The molecular formula is C18H22N2O3S2. The minimum absolute atomic E-state index is 0.385. The lowest BCUT2D eigenvalue weighted by molar-refractivity contribution is 0.413. The number of rotatable bonds is 6. The van der Waals surface area contributed by atoms with Gasteiger partial charge in [-0.2, -0.15) is 16.1 Å². The maximum Gasteiger partial charge on any atom is 0.243 e. The summed E-state index contributed by atoms with van der Waals surface area (Å²) in [6, 6.07) is 11.0. The van der Waals surface area contributed by atoms with Gasteiger partial charge < -0.3 is 4.74 Å². The highest BCUT2D eigenvalue weighted by Gasteiger charge is 2.26. The van der Waals surface area contributed by atoms with E-state index in [9.17, 15) is 8.42 Å². The smallest absolute Gasteiger partial charge is 0.243 e. The zero-order chi connectivity index (χ0) is 17.7. The number of hydrogen-bond acceptors (Lipinski definition) is 5. The van der Waals surface area contributed by atoms with Crippen molar-refractivity contribution >= 4 is 21.8 Å². The molecule has 1 aliphatic heterocycles. The second-order valence-electron chi connectivity index (χ2n) is 5.85. The van der Waals surface area contributed by atoms with Crippen LogP contribution in [-0.2, 0) is 22.9 Å². The van der Waals surface area contributed by atoms with E-state index in [1.807, 2.05) is 24.3 Å². The van der Waals surface area contributed by atoms with Crippen molar-refractivity contribution in [3.8, 4) is 5.75 Å². The Morgan fingerprint density at radius 2 is 1.96 bits per heavy atom. The van der Waals surface area contributed by atoms with E-state index in [0.29, 0.717) is 18.0 Å². The average Bonchev–Trinajstić information content (AvgIpc) is 2.67. The van der Waals surface area contributed by atoms with Gasteiger partial charge in [-0.25, -0.2) is 8.42 Å². The molecule has 3 rings (SSSR count). The standard InChI is InChI=1S/C18H22N2O3S2/c1-23-17-7-8-19-16(14-17)6-5-15-3-2-4-18(13-15)25(21,22)20-9-11-24-12-10-20/h2-4,7-8,13-14H,5-6,9-12H2,1H3. The molecule has 1 aromatic heterocycles. The lowest BCUT2D eigenvalue weighted by Crippen LogP contribution is -2.37. The molecule has 0 saturated carbocycles. The molecule has 0 atom stereocenters. The second kappa shape index (κ2) is 8.21. The Labute approximate surface area is 153 Å². The first-order valence-electron chi connectivity index (χ1n) is 8.25. The summed E-state index contributed by atoms with van der Waals surface area (Å²) in [7, 11) is -1.76. The van der Waals surface area contributed by atoms with Gasteiger partial charge in [-0.05, 0) is 36.6 Å². The minimum Gasteiger partial charge on any atom is -0.497 e.